The average molecular weight is 191 g/mol. The first kappa shape index (κ1) is 8.70. The van der Waals surface area contributed by atoms with Gasteiger partial charge in [0.05, 0.1) is 15.2 Å². The van der Waals surface area contributed by atoms with E-state index in [-0.39, 0.29) is 0 Å². The van der Waals surface area contributed by atoms with Crippen molar-refractivity contribution in [2.24, 2.45) is 0 Å². The predicted molar refractivity (Wildman–Crippen MR) is 58.4 cm³/mol. The van der Waals surface area contributed by atoms with Gasteiger partial charge in [-0.05, 0) is 18.6 Å². The second kappa shape index (κ2) is 3.11. The number of benzene rings is 1. The number of hydrogen-bond acceptors (Lipinski definition) is 2. The molecular weight excluding hydrogens is 178 g/mol. The van der Waals surface area contributed by atoms with Crippen LogP contribution in [-0.2, 0) is 0 Å². The summed E-state index contributed by atoms with van der Waals surface area (Å²) in [7, 11) is 0. The Labute approximate surface area is 82.4 Å². The standard InChI is InChI=1S/C11H13NS/c1-7(2)11-12-10-8(3)5-4-6-9(10)13-11/h4-7H,1-3H3. The lowest BCUT2D eigenvalue weighted by molar-refractivity contribution is 0.856. The summed E-state index contributed by atoms with van der Waals surface area (Å²) in [5.41, 5.74) is 2.46. The molecule has 2 rings (SSSR count). The average Bonchev–Trinajstić information content (AvgIpc) is 2.49. The number of fused-ring (bicyclic) bond motifs is 1. The molecule has 0 spiro atoms. The molecule has 0 saturated carbocycles. The maximum absolute atomic E-state index is 4.63. The summed E-state index contributed by atoms with van der Waals surface area (Å²) in [5, 5.41) is 1.24. The fraction of sp³-hybridized carbons (Fsp3) is 0.364. The van der Waals surface area contributed by atoms with Crippen LogP contribution in [0.4, 0.5) is 0 Å². The predicted octanol–water partition coefficient (Wildman–Crippen LogP) is 3.73. The molecule has 0 fully saturated rings. The molecule has 0 saturated heterocycles. The quantitative estimate of drug-likeness (QED) is 0.669. The first-order valence-corrected chi connectivity index (χ1v) is 5.36. The van der Waals surface area contributed by atoms with E-state index in [0.29, 0.717) is 5.92 Å². The molecular formula is C11H13NS. The van der Waals surface area contributed by atoms with Gasteiger partial charge in [-0.2, -0.15) is 0 Å². The zero-order chi connectivity index (χ0) is 9.42. The highest BCUT2D eigenvalue weighted by molar-refractivity contribution is 7.18. The van der Waals surface area contributed by atoms with E-state index in [1.54, 1.807) is 0 Å². The van der Waals surface area contributed by atoms with Crippen molar-refractivity contribution in [1.29, 1.82) is 0 Å². The smallest absolute Gasteiger partial charge is 0.0964 e. The Kier molecular flexibility index (Phi) is 2.08. The van der Waals surface area contributed by atoms with Gasteiger partial charge in [0.1, 0.15) is 0 Å². The Bertz CT molecular complexity index is 429. The van der Waals surface area contributed by atoms with Crippen LogP contribution in [0.5, 0.6) is 0 Å². The van der Waals surface area contributed by atoms with Gasteiger partial charge < -0.3 is 0 Å². The summed E-state index contributed by atoms with van der Waals surface area (Å²) in [5.74, 6) is 0.539. The van der Waals surface area contributed by atoms with Gasteiger partial charge in [0.2, 0.25) is 0 Å². The van der Waals surface area contributed by atoms with E-state index in [9.17, 15) is 0 Å². The molecule has 0 unspecified atom stereocenters. The zero-order valence-corrected chi connectivity index (χ0v) is 8.98. The highest BCUT2D eigenvalue weighted by Crippen LogP contribution is 2.28. The lowest BCUT2D eigenvalue weighted by atomic mass is 10.2. The van der Waals surface area contributed by atoms with Crippen molar-refractivity contribution in [3.05, 3.63) is 28.8 Å². The summed E-state index contributed by atoms with van der Waals surface area (Å²) in [6, 6.07) is 6.36. The first-order chi connectivity index (χ1) is 6.18. The molecule has 2 heteroatoms. The second-order valence-corrected chi connectivity index (χ2v) is 4.69. The molecule has 0 N–H and O–H groups in total. The molecule has 0 amide bonds. The Morgan fingerprint density at radius 1 is 1.31 bits per heavy atom. The lowest BCUT2D eigenvalue weighted by Crippen LogP contribution is -1.83. The largest absolute Gasteiger partial charge is 0.241 e. The van der Waals surface area contributed by atoms with Crippen LogP contribution in [0.2, 0.25) is 0 Å². The van der Waals surface area contributed by atoms with E-state index in [0.717, 1.165) is 0 Å². The molecule has 0 aliphatic carbocycles. The Hall–Kier alpha value is -0.890. The topological polar surface area (TPSA) is 12.9 Å². The minimum absolute atomic E-state index is 0.539. The van der Waals surface area contributed by atoms with Crippen molar-refractivity contribution >= 4 is 21.6 Å². The lowest BCUT2D eigenvalue weighted by Gasteiger charge is -1.94. The van der Waals surface area contributed by atoms with Crippen LogP contribution in [0.3, 0.4) is 0 Å². The van der Waals surface area contributed by atoms with Crippen LogP contribution in [0.15, 0.2) is 18.2 Å². The number of thiazole rings is 1. The van der Waals surface area contributed by atoms with E-state index < -0.39 is 0 Å². The number of aromatic nitrogens is 1. The van der Waals surface area contributed by atoms with Gasteiger partial charge >= 0.3 is 0 Å². The monoisotopic (exact) mass is 191 g/mol. The van der Waals surface area contributed by atoms with E-state index in [1.807, 2.05) is 11.3 Å². The third-order valence-electron chi connectivity index (χ3n) is 2.13. The Morgan fingerprint density at radius 2 is 2.08 bits per heavy atom. The van der Waals surface area contributed by atoms with Gasteiger partial charge in [0.15, 0.2) is 0 Å². The van der Waals surface area contributed by atoms with Gasteiger partial charge in [0, 0.05) is 5.92 Å². The van der Waals surface area contributed by atoms with Gasteiger partial charge in [-0.25, -0.2) is 4.98 Å². The third kappa shape index (κ3) is 1.46. The van der Waals surface area contributed by atoms with Crippen LogP contribution in [-0.4, -0.2) is 4.98 Å². The summed E-state index contributed by atoms with van der Waals surface area (Å²) in [4.78, 5) is 4.63. The summed E-state index contributed by atoms with van der Waals surface area (Å²) in [6.07, 6.45) is 0. The second-order valence-electron chi connectivity index (χ2n) is 3.63. The molecule has 0 aliphatic rings. The summed E-state index contributed by atoms with van der Waals surface area (Å²) in [6.45, 7) is 6.49. The number of hydrogen-bond donors (Lipinski definition) is 0. The van der Waals surface area contributed by atoms with E-state index in [1.165, 1.54) is 20.8 Å². The molecule has 1 heterocycles. The maximum atomic E-state index is 4.63. The molecule has 1 aromatic carbocycles. The summed E-state index contributed by atoms with van der Waals surface area (Å²) < 4.78 is 1.31. The first-order valence-electron chi connectivity index (χ1n) is 4.54. The summed E-state index contributed by atoms with van der Waals surface area (Å²) >= 11 is 1.81. The van der Waals surface area contributed by atoms with Gasteiger partial charge in [-0.1, -0.05) is 26.0 Å². The molecule has 2 aromatic rings. The highest BCUT2D eigenvalue weighted by Gasteiger charge is 2.07. The molecule has 0 aliphatic heterocycles. The van der Waals surface area contributed by atoms with Crippen molar-refractivity contribution < 1.29 is 0 Å². The van der Waals surface area contributed by atoms with Crippen molar-refractivity contribution in [2.75, 3.05) is 0 Å². The normalized spacial score (nSPS) is 11.4. The number of rotatable bonds is 1. The van der Waals surface area contributed by atoms with Gasteiger partial charge in [-0.3, -0.25) is 0 Å². The Balaban J connectivity index is 2.68. The van der Waals surface area contributed by atoms with Crippen LogP contribution < -0.4 is 0 Å². The minimum Gasteiger partial charge on any atom is -0.241 e. The van der Waals surface area contributed by atoms with Crippen molar-refractivity contribution in [1.82, 2.24) is 4.98 Å². The molecule has 0 bridgehead atoms. The van der Waals surface area contributed by atoms with Crippen molar-refractivity contribution in [3.63, 3.8) is 0 Å². The fourth-order valence-corrected chi connectivity index (χ4v) is 2.40. The van der Waals surface area contributed by atoms with Crippen LogP contribution in [0.25, 0.3) is 10.2 Å². The maximum Gasteiger partial charge on any atom is 0.0964 e. The van der Waals surface area contributed by atoms with Crippen molar-refractivity contribution in [3.8, 4) is 0 Å². The zero-order valence-electron chi connectivity index (χ0n) is 8.16. The SMILES string of the molecule is Cc1cccc2sc(C(C)C)nc12. The van der Waals surface area contributed by atoms with Crippen LogP contribution in [0.1, 0.15) is 30.3 Å². The number of aryl methyl sites for hydroxylation is 1. The molecule has 1 aromatic heterocycles. The molecule has 0 radical (unpaired) electrons. The van der Waals surface area contributed by atoms with Crippen molar-refractivity contribution in [2.45, 2.75) is 26.7 Å². The fourth-order valence-electron chi connectivity index (χ4n) is 1.35. The molecule has 0 atom stereocenters. The van der Waals surface area contributed by atoms with Crippen LogP contribution in [0, 0.1) is 6.92 Å². The van der Waals surface area contributed by atoms with Gasteiger partial charge in [-0.15, -0.1) is 11.3 Å². The van der Waals surface area contributed by atoms with E-state index in [2.05, 4.69) is 44.0 Å². The Morgan fingerprint density at radius 3 is 2.69 bits per heavy atom. The number of para-hydroxylation sites is 1. The van der Waals surface area contributed by atoms with Gasteiger partial charge in [0.25, 0.3) is 0 Å². The minimum atomic E-state index is 0.539. The van der Waals surface area contributed by atoms with Crippen LogP contribution >= 0.6 is 11.3 Å². The molecule has 1 nitrogen and oxygen atoms in total. The van der Waals surface area contributed by atoms with E-state index in [4.69, 9.17) is 0 Å². The molecule has 68 valence electrons. The number of nitrogens with zero attached hydrogens (tertiary/aromatic N) is 1. The molecule has 13 heavy (non-hydrogen) atoms. The van der Waals surface area contributed by atoms with E-state index >= 15 is 0 Å². The highest BCUT2D eigenvalue weighted by atomic mass is 32.1. The third-order valence-corrected chi connectivity index (χ3v) is 3.45.